The van der Waals surface area contributed by atoms with Crippen LogP contribution in [0, 0.1) is 23.2 Å². The van der Waals surface area contributed by atoms with Crippen LogP contribution in [0.15, 0.2) is 23.8 Å². The number of ether oxygens (including phenoxy) is 5. The lowest BCUT2D eigenvalue weighted by Gasteiger charge is -2.68. The van der Waals surface area contributed by atoms with Crippen molar-refractivity contribution in [3.8, 4) is 0 Å². The molecule has 276 valence electrons. The lowest BCUT2D eigenvalue weighted by molar-refractivity contribution is -0.351. The lowest BCUT2D eigenvalue weighted by Crippen LogP contribution is -2.81. The summed E-state index contributed by atoms with van der Waals surface area (Å²) in [4.78, 5) is 18.2. The molecule has 6 fully saturated rings. The molecule has 4 aliphatic heterocycles. The zero-order valence-electron chi connectivity index (χ0n) is 31.8. The van der Waals surface area contributed by atoms with Crippen LogP contribution in [0.3, 0.4) is 0 Å². The number of ketones is 1. The van der Waals surface area contributed by atoms with Gasteiger partial charge in [0.2, 0.25) is 0 Å². The van der Waals surface area contributed by atoms with Crippen LogP contribution < -0.4 is 0 Å². The number of aromatic nitrogens is 1. The van der Waals surface area contributed by atoms with Crippen molar-refractivity contribution >= 4 is 16.7 Å². The molecule has 1 aromatic carbocycles. The molecule has 4 saturated heterocycles. The highest BCUT2D eigenvalue weighted by atomic mass is 16.8. The van der Waals surface area contributed by atoms with E-state index in [0.29, 0.717) is 19.3 Å². The molecule has 9 heteroatoms. The molecule has 0 amide bonds. The number of epoxide rings is 1. The second-order valence-electron chi connectivity index (χ2n) is 19.8. The Labute approximate surface area is 300 Å². The number of aliphatic hydroxyl groups is 2. The Bertz CT molecular complexity index is 1940. The van der Waals surface area contributed by atoms with E-state index in [4.69, 9.17) is 23.7 Å². The number of Topliss-reactive ketones (excluding diaryl/α,β-unsaturated/α-hetero) is 1. The molecular formula is C42H55NO8. The highest BCUT2D eigenvalue weighted by Gasteiger charge is 2.89. The normalized spacial score (nSPS) is 49.0. The van der Waals surface area contributed by atoms with Gasteiger partial charge in [-0.15, -0.1) is 0 Å². The van der Waals surface area contributed by atoms with Gasteiger partial charge < -0.3 is 38.9 Å². The number of hydrogen-bond donors (Lipinski definition) is 3. The van der Waals surface area contributed by atoms with E-state index >= 15 is 0 Å². The molecule has 1 aromatic heterocycles. The third-order valence-electron chi connectivity index (χ3n) is 15.9. The summed E-state index contributed by atoms with van der Waals surface area (Å²) >= 11 is 0. The van der Waals surface area contributed by atoms with Crippen molar-refractivity contribution in [1.82, 2.24) is 4.98 Å². The Balaban J connectivity index is 1.08. The van der Waals surface area contributed by atoms with Crippen LogP contribution in [0.5, 0.6) is 0 Å². The molecule has 51 heavy (non-hydrogen) atoms. The first-order chi connectivity index (χ1) is 23.7. The maximum atomic E-state index is 14.3. The molecule has 2 saturated carbocycles. The van der Waals surface area contributed by atoms with Crippen LogP contribution in [-0.4, -0.2) is 85.8 Å². The van der Waals surface area contributed by atoms with E-state index in [-0.39, 0.29) is 29.6 Å². The van der Waals surface area contributed by atoms with Gasteiger partial charge in [-0.25, -0.2) is 0 Å². The number of fused-ring (bicyclic) bond motifs is 12. The fourth-order valence-corrected chi connectivity index (χ4v) is 13.6. The van der Waals surface area contributed by atoms with Crippen LogP contribution >= 0.6 is 0 Å². The van der Waals surface area contributed by atoms with E-state index in [2.05, 4.69) is 52.6 Å². The molecule has 9 nitrogen and oxygen atoms in total. The Morgan fingerprint density at radius 3 is 2.39 bits per heavy atom. The van der Waals surface area contributed by atoms with Crippen molar-refractivity contribution in [3.63, 3.8) is 0 Å². The minimum atomic E-state index is -1.60. The zero-order chi connectivity index (χ0) is 36.2. The van der Waals surface area contributed by atoms with E-state index in [0.717, 1.165) is 46.1 Å². The number of rotatable bonds is 1. The Morgan fingerprint density at radius 1 is 0.922 bits per heavy atom. The van der Waals surface area contributed by atoms with Gasteiger partial charge in [-0.1, -0.05) is 19.4 Å². The fourth-order valence-electron chi connectivity index (χ4n) is 13.6. The van der Waals surface area contributed by atoms with Gasteiger partial charge >= 0.3 is 0 Å². The first kappa shape index (κ1) is 33.5. The van der Waals surface area contributed by atoms with Crippen LogP contribution in [-0.2, 0) is 41.9 Å². The maximum absolute atomic E-state index is 14.3. The molecule has 10 rings (SSSR count). The van der Waals surface area contributed by atoms with Gasteiger partial charge in [-0.05, 0) is 123 Å². The number of aromatic amines is 1. The smallest absolute Gasteiger partial charge is 0.178 e. The Kier molecular flexibility index (Phi) is 6.28. The Morgan fingerprint density at radius 2 is 1.67 bits per heavy atom. The van der Waals surface area contributed by atoms with E-state index in [1.165, 1.54) is 5.56 Å². The first-order valence-corrected chi connectivity index (χ1v) is 19.4. The number of aliphatic hydroxyl groups excluding tert-OH is 1. The average molecular weight is 702 g/mol. The summed E-state index contributed by atoms with van der Waals surface area (Å²) in [6.07, 6.45) is 2.08. The molecule has 1 spiro atoms. The average Bonchev–Trinajstić information content (AvgIpc) is 3.53. The van der Waals surface area contributed by atoms with Gasteiger partial charge in [0, 0.05) is 38.9 Å². The summed E-state index contributed by atoms with van der Waals surface area (Å²) in [6.45, 7) is 21.0. The summed E-state index contributed by atoms with van der Waals surface area (Å²) in [7, 11) is 0. The van der Waals surface area contributed by atoms with Crippen LogP contribution in [0.25, 0.3) is 10.9 Å². The van der Waals surface area contributed by atoms with Crippen molar-refractivity contribution in [3.05, 3.63) is 46.2 Å². The SMILES string of the molecule is CC(C)=C[C@H]1O[C@@H]2[C@H](OC3CC[C@@]4(C)[C@@](O)([C@@H](O)CC5Cc6c([nH]c7ccc8c(c67)C[C@@H]6[C@@H](C8=O)C(C)(C)OC6(C)C)[C@@]54C)[C@]34O[C@@H]24)C(C)(C)O1. The molecule has 0 bridgehead atoms. The number of carbonyl (C=O) groups is 1. The number of H-pyrrole nitrogens is 1. The predicted octanol–water partition coefficient (Wildman–Crippen LogP) is 5.84. The highest BCUT2D eigenvalue weighted by molar-refractivity contribution is 6.06. The van der Waals surface area contributed by atoms with Gasteiger partial charge in [-0.3, -0.25) is 4.79 Å². The van der Waals surface area contributed by atoms with Crippen molar-refractivity contribution in [2.24, 2.45) is 23.2 Å². The molecule has 2 unspecified atom stereocenters. The van der Waals surface area contributed by atoms with Crippen LogP contribution in [0.1, 0.15) is 116 Å². The van der Waals surface area contributed by atoms with Crippen LogP contribution in [0.2, 0.25) is 0 Å². The quantitative estimate of drug-likeness (QED) is 0.251. The molecule has 5 heterocycles. The van der Waals surface area contributed by atoms with E-state index in [1.54, 1.807) is 0 Å². The first-order valence-electron chi connectivity index (χ1n) is 19.4. The standard InChI is InChI=1S/C42H55NO8/c1-19(2)15-28-48-32-34(38(7,8)49-28)47-27-13-14-39(9)40(10)20(17-26(44)42(39,46)41(27)35(32)50-41)16-23-29-22-18-24-30(37(5,6)51-36(24,3)4)31(45)21(22)11-12-25(29)43-33(23)40/h11-12,15,20,24,26-28,30,32,34-35,43-44,46H,13-14,16-18H2,1-10H3/t20?,24-,26+,27?,28+,30+,32-,34+,35+,39-,40-,41+,42+/m1/s1. The topological polar surface area (TPSA) is 123 Å². The van der Waals surface area contributed by atoms with Gasteiger partial charge in [0.15, 0.2) is 17.7 Å². The molecule has 3 N–H and O–H groups in total. The summed E-state index contributed by atoms with van der Waals surface area (Å²) in [6, 6.07) is 4.10. The highest BCUT2D eigenvalue weighted by Crippen LogP contribution is 2.75. The maximum Gasteiger partial charge on any atom is 0.178 e. The summed E-state index contributed by atoms with van der Waals surface area (Å²) in [5.41, 5.74) is 0.882. The summed E-state index contributed by atoms with van der Waals surface area (Å²) < 4.78 is 33.2. The Hall–Kier alpha value is -2.11. The van der Waals surface area contributed by atoms with E-state index in [9.17, 15) is 15.0 Å². The number of hydrogen-bond acceptors (Lipinski definition) is 8. The summed E-state index contributed by atoms with van der Waals surface area (Å²) in [5.74, 6) is 0.172. The van der Waals surface area contributed by atoms with Gasteiger partial charge in [0.05, 0.1) is 34.9 Å². The number of carbonyl (C=O) groups excluding carboxylic acids is 1. The minimum absolute atomic E-state index is 0.0783. The second kappa shape index (κ2) is 9.57. The predicted molar refractivity (Wildman–Crippen MR) is 190 cm³/mol. The van der Waals surface area contributed by atoms with Gasteiger partial charge in [-0.2, -0.15) is 0 Å². The monoisotopic (exact) mass is 701 g/mol. The van der Waals surface area contributed by atoms with E-state index < -0.39 is 69.5 Å². The fraction of sp³-hybridized carbons (Fsp3) is 0.738. The van der Waals surface area contributed by atoms with Crippen molar-refractivity contribution in [2.45, 2.75) is 172 Å². The van der Waals surface area contributed by atoms with Crippen molar-refractivity contribution < 1.29 is 38.7 Å². The molecule has 4 aliphatic carbocycles. The molecule has 2 aromatic rings. The third-order valence-corrected chi connectivity index (χ3v) is 15.9. The van der Waals surface area contributed by atoms with Gasteiger partial charge in [0.1, 0.15) is 23.9 Å². The number of nitrogens with one attached hydrogen (secondary N) is 1. The third kappa shape index (κ3) is 3.66. The second-order valence-corrected chi connectivity index (χ2v) is 19.8. The molecule has 8 aliphatic rings. The largest absolute Gasteiger partial charge is 0.390 e. The lowest BCUT2D eigenvalue weighted by atomic mass is 9.40. The number of benzene rings is 1. The van der Waals surface area contributed by atoms with Crippen molar-refractivity contribution in [1.29, 1.82) is 0 Å². The molecule has 0 radical (unpaired) electrons. The van der Waals surface area contributed by atoms with Gasteiger partial charge in [0.25, 0.3) is 0 Å². The zero-order valence-corrected chi connectivity index (χ0v) is 31.8. The number of allylic oxidation sites excluding steroid dienone is 1. The minimum Gasteiger partial charge on any atom is -0.390 e. The van der Waals surface area contributed by atoms with Crippen LogP contribution in [0.4, 0.5) is 0 Å². The summed E-state index contributed by atoms with van der Waals surface area (Å²) in [5, 5.41) is 27.0. The molecular weight excluding hydrogens is 646 g/mol. The molecule has 13 atom stereocenters. The van der Waals surface area contributed by atoms with E-state index in [1.807, 2.05) is 39.8 Å². The van der Waals surface area contributed by atoms with Crippen molar-refractivity contribution in [2.75, 3.05) is 0 Å².